The predicted octanol–water partition coefficient (Wildman–Crippen LogP) is 26.6. The molecule has 105 heavy (non-hydrogen) atoms. The van der Waals surface area contributed by atoms with Gasteiger partial charge in [-0.05, 0) is 140 Å². The van der Waals surface area contributed by atoms with Crippen LogP contribution in [0, 0.1) is 27.7 Å². The van der Waals surface area contributed by atoms with Crippen LogP contribution in [-0.2, 0) is 28.2 Å². The van der Waals surface area contributed by atoms with Crippen molar-refractivity contribution in [2.24, 2.45) is 28.2 Å². The van der Waals surface area contributed by atoms with Gasteiger partial charge in [-0.25, -0.2) is 19.1 Å². The fourth-order valence-electron chi connectivity index (χ4n) is 13.7. The van der Waals surface area contributed by atoms with Crippen LogP contribution in [-0.4, -0.2) is 9.97 Å². The van der Waals surface area contributed by atoms with E-state index >= 15 is 0 Å². The zero-order valence-electron chi connectivity index (χ0n) is 67.8. The van der Waals surface area contributed by atoms with E-state index < -0.39 is 0 Å². The third-order valence-electron chi connectivity index (χ3n) is 18.2. The predicted molar refractivity (Wildman–Crippen MR) is 463 cm³/mol. The van der Waals surface area contributed by atoms with E-state index in [1.807, 2.05) is 140 Å². The molecule has 540 valence electrons. The number of para-hydroxylation sites is 4. The molecule has 0 N–H and O–H groups in total. The number of aryl methyl sites for hydroxylation is 8. The van der Waals surface area contributed by atoms with Crippen molar-refractivity contribution in [2.45, 2.75) is 145 Å². The number of hydrogen-bond donors (Lipinski definition) is 0. The van der Waals surface area contributed by atoms with Crippen LogP contribution in [0.5, 0.6) is 0 Å². The van der Waals surface area contributed by atoms with Gasteiger partial charge < -0.3 is 0 Å². The number of fused-ring (bicyclic) bond motifs is 9. The van der Waals surface area contributed by atoms with Crippen molar-refractivity contribution in [1.82, 2.24) is 9.97 Å². The quantitative estimate of drug-likeness (QED) is 0.100. The fourth-order valence-corrected chi connectivity index (χ4v) is 13.7. The molecule has 0 aliphatic carbocycles. The van der Waals surface area contributed by atoms with Gasteiger partial charge in [-0.1, -0.05) is 305 Å². The van der Waals surface area contributed by atoms with Crippen LogP contribution in [0.15, 0.2) is 267 Å². The normalized spacial score (nSPS) is 10.1. The highest BCUT2D eigenvalue weighted by molar-refractivity contribution is 6.31. The second kappa shape index (κ2) is 41.5. The van der Waals surface area contributed by atoms with E-state index in [1.165, 1.54) is 137 Å². The van der Waals surface area contributed by atoms with E-state index in [2.05, 4.69) is 323 Å². The molecule has 0 saturated carbocycles. The molecule has 4 aromatic heterocycles. The molecule has 4 heterocycles. The Morgan fingerprint density at radius 3 is 1.24 bits per heavy atom. The number of aromatic nitrogens is 6. The van der Waals surface area contributed by atoms with Crippen molar-refractivity contribution in [1.29, 1.82) is 0 Å². The number of pyridine rings is 2. The molecule has 0 aliphatic heterocycles. The van der Waals surface area contributed by atoms with Crippen LogP contribution < -0.4 is 18.3 Å². The fraction of sp³-hybridized carbons (Fsp3) is 0.253. The third kappa shape index (κ3) is 17.9. The molecule has 0 spiro atoms. The second-order valence-corrected chi connectivity index (χ2v) is 24.0. The van der Waals surface area contributed by atoms with Gasteiger partial charge in [0.2, 0.25) is 33.6 Å². The minimum Gasteiger partial charge on any atom is -0.243 e. The smallest absolute Gasteiger partial charge is 0.231 e. The van der Waals surface area contributed by atoms with E-state index in [-0.39, 0.29) is 0 Å². The lowest BCUT2D eigenvalue weighted by atomic mass is 9.89. The average molecular weight is 1390 g/mol. The van der Waals surface area contributed by atoms with Gasteiger partial charge in [0.15, 0.2) is 12.4 Å². The zero-order valence-corrected chi connectivity index (χ0v) is 67.8. The number of nitrogens with zero attached hydrogens (tertiary/aromatic N) is 6. The zero-order chi connectivity index (χ0) is 76.9. The largest absolute Gasteiger partial charge is 0.243 e. The minimum absolute atomic E-state index is 1.02. The maximum Gasteiger partial charge on any atom is 0.231 e. The van der Waals surface area contributed by atoms with E-state index in [0.29, 0.717) is 0 Å². The van der Waals surface area contributed by atoms with Gasteiger partial charge in [-0.15, -0.1) is 0 Å². The van der Waals surface area contributed by atoms with Crippen LogP contribution in [0.1, 0.15) is 139 Å². The van der Waals surface area contributed by atoms with Crippen molar-refractivity contribution >= 4 is 108 Å². The summed E-state index contributed by atoms with van der Waals surface area (Å²) in [5.41, 5.74) is 18.3. The summed E-state index contributed by atoms with van der Waals surface area (Å²) in [5.74, 6) is 0. The first-order chi connectivity index (χ1) is 51.4. The lowest BCUT2D eigenvalue weighted by Crippen LogP contribution is -2.32. The van der Waals surface area contributed by atoms with E-state index in [0.717, 1.165) is 33.5 Å². The highest BCUT2D eigenvalue weighted by Crippen LogP contribution is 2.42. The van der Waals surface area contributed by atoms with Crippen molar-refractivity contribution in [3.8, 4) is 33.8 Å². The van der Waals surface area contributed by atoms with E-state index in [9.17, 15) is 0 Å². The monoisotopic (exact) mass is 1390 g/mol. The van der Waals surface area contributed by atoms with Crippen LogP contribution >= 0.6 is 0 Å². The Balaban J connectivity index is 0.000000206. The van der Waals surface area contributed by atoms with Gasteiger partial charge in [0.25, 0.3) is 0 Å². The molecular formula is C99H118N6+4. The Morgan fingerprint density at radius 2 is 0.676 bits per heavy atom. The Labute approximate surface area is 629 Å². The summed E-state index contributed by atoms with van der Waals surface area (Å²) < 4.78 is 8.94. The van der Waals surface area contributed by atoms with Crippen LogP contribution in [0.25, 0.3) is 142 Å². The Bertz CT molecular complexity index is 5410. The molecule has 6 heteroatoms. The van der Waals surface area contributed by atoms with Gasteiger partial charge in [0, 0.05) is 29.7 Å². The molecule has 0 bridgehead atoms. The molecule has 0 fully saturated rings. The Kier molecular flexibility index (Phi) is 32.8. The highest BCUT2D eigenvalue weighted by atomic mass is 15.0. The molecular weight excluding hydrogens is 1270 g/mol. The van der Waals surface area contributed by atoms with Crippen molar-refractivity contribution < 1.29 is 18.3 Å². The second-order valence-electron chi connectivity index (χ2n) is 24.0. The molecule has 0 amide bonds. The highest BCUT2D eigenvalue weighted by Gasteiger charge is 2.24. The van der Waals surface area contributed by atoms with Crippen molar-refractivity contribution in [3.05, 3.63) is 290 Å². The molecule has 17 rings (SSSR count). The van der Waals surface area contributed by atoms with Gasteiger partial charge in [-0.2, -0.15) is 9.13 Å². The van der Waals surface area contributed by atoms with Crippen molar-refractivity contribution in [3.63, 3.8) is 0 Å². The molecule has 0 saturated heterocycles. The maximum atomic E-state index is 4.62. The summed E-state index contributed by atoms with van der Waals surface area (Å²) in [4.78, 5) is 9.16. The lowest BCUT2D eigenvalue weighted by molar-refractivity contribution is -0.659. The summed E-state index contributed by atoms with van der Waals surface area (Å²) >= 11 is 0. The summed E-state index contributed by atoms with van der Waals surface area (Å²) in [7, 11) is 8.49. The standard InChI is InChI=1S/C25H20N.C21H16N.C20H17N2.C16H15N2.C3H8.7C2H6/c1-17-19-10-5-6-12-21(19)22-13-7-8-14-23(22)24(17)25-20-11-4-3-9-18(20)15-16-26(25)2;1-13-9-10-14-5-3-7-16-17-8-4-6-15-11-12-22(2)21(20(15)17)18(13)19(14)16;1-14-16-8-4-3-7-15(16)11-12-17(14)20-13-21-18-9-5-6-10-19(18)22(20)2;1-12-7-3-4-8-13(12)16-11-17-14-9-5-6-10-15(14)18(16)2;1-3-2;7*1-2/h3-16H,1-2H3;3-12H,1-2H3;3-13H,1-2H3;3-11H,1-2H3;3H2,1-2H3;7*1-2H3/q4*+1;;;;;;;;. The van der Waals surface area contributed by atoms with Crippen molar-refractivity contribution in [2.75, 3.05) is 0 Å². The third-order valence-corrected chi connectivity index (χ3v) is 18.2. The van der Waals surface area contributed by atoms with Gasteiger partial charge in [0.1, 0.15) is 51.6 Å². The van der Waals surface area contributed by atoms with Gasteiger partial charge in [-0.3, -0.25) is 0 Å². The van der Waals surface area contributed by atoms with Gasteiger partial charge in [0.05, 0.1) is 32.8 Å². The van der Waals surface area contributed by atoms with Crippen LogP contribution in [0.3, 0.4) is 0 Å². The average Bonchev–Trinajstić information content (AvgIpc) is 0.715. The number of benzene rings is 13. The molecule has 0 unspecified atom stereocenters. The van der Waals surface area contributed by atoms with E-state index in [1.54, 1.807) is 0 Å². The number of rotatable bonds is 3. The topological polar surface area (TPSA) is 41.3 Å². The van der Waals surface area contributed by atoms with Crippen LogP contribution in [0.2, 0.25) is 0 Å². The lowest BCUT2D eigenvalue weighted by Gasteiger charge is -2.15. The summed E-state index contributed by atoms with van der Waals surface area (Å²) in [6.45, 7) is 41.0. The molecule has 13 aromatic carbocycles. The minimum atomic E-state index is 1.02. The molecule has 0 radical (unpaired) electrons. The molecule has 0 aliphatic rings. The summed E-state index contributed by atoms with van der Waals surface area (Å²) in [6.07, 6.45) is 9.51. The maximum absolute atomic E-state index is 4.62. The van der Waals surface area contributed by atoms with Gasteiger partial charge >= 0.3 is 0 Å². The first kappa shape index (κ1) is 83.1. The first-order valence-corrected chi connectivity index (χ1v) is 38.7. The first-order valence-electron chi connectivity index (χ1n) is 38.7. The van der Waals surface area contributed by atoms with Crippen LogP contribution in [0.4, 0.5) is 0 Å². The SMILES string of the molecule is CC.CC.CC.CC.CC.CC.CC.CCC.Cc1c(-c2c3ccccc3cc[n+]2C)c2ccccc2c2ccccc12.Cc1c(-c2cnc3ccccc3[n+]2C)ccc2ccccc12.Cc1ccc2cccc3c4cccc5cc[n+](C)c(c1c23)c54.Cc1ccccc1-c1cnc2ccccc2[n+]1C. The molecule has 0 atom stereocenters. The number of hydrogen-bond acceptors (Lipinski definition) is 2. The molecule has 17 aromatic rings. The Morgan fingerprint density at radius 1 is 0.286 bits per heavy atom. The Hall–Kier alpha value is -10.8. The molecule has 6 nitrogen and oxygen atoms in total. The summed E-state index contributed by atoms with van der Waals surface area (Å²) in [6, 6.07) is 86.1. The van der Waals surface area contributed by atoms with E-state index in [4.69, 9.17) is 0 Å². The summed E-state index contributed by atoms with van der Waals surface area (Å²) in [5, 5.41) is 19.9.